The molecular weight excluding hydrogens is 338 g/mol. The number of hydrogen-bond acceptors (Lipinski definition) is 5. The Morgan fingerprint density at radius 3 is 2.88 bits per heavy atom. The second-order valence-corrected chi connectivity index (χ2v) is 10.00. The van der Waals surface area contributed by atoms with Gasteiger partial charge >= 0.3 is 0 Å². The van der Waals surface area contributed by atoms with Crippen molar-refractivity contribution in [3.05, 3.63) is 30.1 Å². The van der Waals surface area contributed by atoms with Gasteiger partial charge in [-0.1, -0.05) is 19.9 Å². The number of amides is 1. The number of aromatic nitrogens is 1. The van der Waals surface area contributed by atoms with Crippen LogP contribution in [0.2, 0.25) is 0 Å². The Labute approximate surface area is 149 Å². The zero-order valence-electron chi connectivity index (χ0n) is 14.9. The monoisotopic (exact) mass is 365 g/mol. The minimum atomic E-state index is -3.12. The van der Waals surface area contributed by atoms with Gasteiger partial charge in [-0.25, -0.2) is 8.42 Å². The molecule has 2 aliphatic rings. The van der Waals surface area contributed by atoms with Gasteiger partial charge in [0.25, 0.3) is 0 Å². The predicted molar refractivity (Wildman–Crippen MR) is 96.5 cm³/mol. The molecule has 25 heavy (non-hydrogen) atoms. The standard InChI is InChI=1S/C18H27N3O3S/c1-13(2)8-20-18(22)15-5-7-25(23,24)17-12-21(11-16(15)17)10-14-4-3-6-19-9-14/h3-4,6,9,13,15-17H,5,7-8,10-12H2,1-2H3,(H,20,22)/t15-,16+,17+/m1/s1. The third-order valence-corrected chi connectivity index (χ3v) is 7.45. The van der Waals surface area contributed by atoms with Gasteiger partial charge in [-0.2, -0.15) is 0 Å². The van der Waals surface area contributed by atoms with Gasteiger partial charge in [-0.15, -0.1) is 0 Å². The van der Waals surface area contributed by atoms with Crippen molar-refractivity contribution >= 4 is 15.7 Å². The Kier molecular flexibility index (Phi) is 5.43. The maximum atomic E-state index is 12.6. The quantitative estimate of drug-likeness (QED) is 0.845. The molecule has 0 radical (unpaired) electrons. The highest BCUT2D eigenvalue weighted by atomic mass is 32.2. The van der Waals surface area contributed by atoms with E-state index in [0.29, 0.717) is 38.5 Å². The summed E-state index contributed by atoms with van der Waals surface area (Å²) >= 11 is 0. The summed E-state index contributed by atoms with van der Waals surface area (Å²) in [6.45, 7) is 6.59. The fourth-order valence-electron chi connectivity index (χ4n) is 3.94. The van der Waals surface area contributed by atoms with Gasteiger partial charge in [0.05, 0.1) is 11.0 Å². The van der Waals surface area contributed by atoms with E-state index < -0.39 is 15.1 Å². The molecule has 138 valence electrons. The molecule has 6 nitrogen and oxygen atoms in total. The number of hydrogen-bond donors (Lipinski definition) is 1. The molecule has 0 spiro atoms. The zero-order chi connectivity index (χ0) is 18.0. The molecule has 3 rings (SSSR count). The third-order valence-electron chi connectivity index (χ3n) is 5.23. The van der Waals surface area contributed by atoms with Crippen molar-refractivity contribution in [2.45, 2.75) is 32.1 Å². The molecule has 2 aliphatic heterocycles. The molecule has 7 heteroatoms. The number of nitrogens with one attached hydrogen (secondary N) is 1. The number of pyridine rings is 1. The van der Waals surface area contributed by atoms with E-state index in [1.165, 1.54) is 0 Å². The lowest BCUT2D eigenvalue weighted by molar-refractivity contribution is -0.126. The minimum absolute atomic E-state index is 0.0156. The van der Waals surface area contributed by atoms with Crippen LogP contribution in [0.5, 0.6) is 0 Å². The average Bonchev–Trinajstić information content (AvgIpc) is 2.98. The maximum absolute atomic E-state index is 12.6. The summed E-state index contributed by atoms with van der Waals surface area (Å²) < 4.78 is 25.0. The van der Waals surface area contributed by atoms with Crippen LogP contribution in [-0.4, -0.2) is 54.8 Å². The van der Waals surface area contributed by atoms with Gasteiger partial charge in [-0.3, -0.25) is 14.7 Å². The predicted octanol–water partition coefficient (Wildman–Crippen LogP) is 1.09. The van der Waals surface area contributed by atoms with Gasteiger partial charge in [0, 0.05) is 50.4 Å². The number of nitrogens with zero attached hydrogens (tertiary/aromatic N) is 2. The number of carbonyl (C=O) groups excluding carboxylic acids is 1. The molecule has 0 aromatic carbocycles. The molecule has 2 saturated heterocycles. The van der Waals surface area contributed by atoms with Crippen LogP contribution >= 0.6 is 0 Å². The van der Waals surface area contributed by atoms with E-state index in [-0.39, 0.29) is 23.5 Å². The van der Waals surface area contributed by atoms with E-state index in [2.05, 4.69) is 29.0 Å². The van der Waals surface area contributed by atoms with Crippen LogP contribution in [0.4, 0.5) is 0 Å². The number of rotatable bonds is 5. The lowest BCUT2D eigenvalue weighted by Gasteiger charge is -2.32. The van der Waals surface area contributed by atoms with Crippen LogP contribution in [0.15, 0.2) is 24.5 Å². The molecule has 3 heterocycles. The van der Waals surface area contributed by atoms with Gasteiger partial charge in [0.2, 0.25) is 5.91 Å². The summed E-state index contributed by atoms with van der Waals surface area (Å²) in [7, 11) is -3.12. The average molecular weight is 365 g/mol. The lowest BCUT2D eigenvalue weighted by Crippen LogP contribution is -2.47. The van der Waals surface area contributed by atoms with Crippen molar-refractivity contribution in [1.29, 1.82) is 0 Å². The first-order chi connectivity index (χ1) is 11.9. The first-order valence-corrected chi connectivity index (χ1v) is 10.7. The zero-order valence-corrected chi connectivity index (χ0v) is 15.7. The topological polar surface area (TPSA) is 79.4 Å². The maximum Gasteiger partial charge on any atom is 0.223 e. The van der Waals surface area contributed by atoms with Gasteiger partial charge in [0.1, 0.15) is 0 Å². The fourth-order valence-corrected chi connectivity index (χ4v) is 6.07. The Balaban J connectivity index is 1.72. The molecule has 1 aromatic rings. The Bertz CT molecular complexity index is 706. The SMILES string of the molecule is CC(C)CNC(=O)[C@@H]1CCS(=O)(=O)[C@H]2CN(Cc3cccnc3)C[C@@H]12. The second kappa shape index (κ2) is 7.41. The molecule has 0 saturated carbocycles. The molecule has 1 aromatic heterocycles. The van der Waals surface area contributed by atoms with Crippen LogP contribution < -0.4 is 5.32 Å². The highest BCUT2D eigenvalue weighted by Crippen LogP contribution is 2.37. The van der Waals surface area contributed by atoms with E-state index in [0.717, 1.165) is 5.56 Å². The van der Waals surface area contributed by atoms with Gasteiger partial charge in [-0.05, 0) is 24.0 Å². The van der Waals surface area contributed by atoms with E-state index in [1.54, 1.807) is 6.20 Å². The van der Waals surface area contributed by atoms with Crippen molar-refractivity contribution < 1.29 is 13.2 Å². The highest BCUT2D eigenvalue weighted by molar-refractivity contribution is 7.92. The van der Waals surface area contributed by atoms with Crippen LogP contribution in [0.3, 0.4) is 0 Å². The third kappa shape index (κ3) is 4.20. The number of fused-ring (bicyclic) bond motifs is 1. The minimum Gasteiger partial charge on any atom is -0.356 e. The Morgan fingerprint density at radius 2 is 2.20 bits per heavy atom. The molecule has 0 aliphatic carbocycles. The molecule has 3 atom stereocenters. The molecule has 0 unspecified atom stereocenters. The number of carbonyl (C=O) groups is 1. The number of likely N-dealkylation sites (tertiary alicyclic amines) is 1. The van der Waals surface area contributed by atoms with Crippen molar-refractivity contribution in [2.24, 2.45) is 17.8 Å². The molecule has 2 fully saturated rings. The first-order valence-electron chi connectivity index (χ1n) is 8.97. The molecule has 1 amide bonds. The first kappa shape index (κ1) is 18.3. The van der Waals surface area contributed by atoms with Crippen molar-refractivity contribution in [1.82, 2.24) is 15.2 Å². The van der Waals surface area contributed by atoms with E-state index >= 15 is 0 Å². The Hall–Kier alpha value is -1.47. The van der Waals surface area contributed by atoms with Crippen LogP contribution in [0, 0.1) is 17.8 Å². The summed E-state index contributed by atoms with van der Waals surface area (Å²) in [4.78, 5) is 18.9. The van der Waals surface area contributed by atoms with Crippen molar-refractivity contribution in [2.75, 3.05) is 25.4 Å². The molecule has 1 N–H and O–H groups in total. The van der Waals surface area contributed by atoms with Crippen LogP contribution in [0.25, 0.3) is 0 Å². The highest BCUT2D eigenvalue weighted by Gasteiger charge is 2.50. The van der Waals surface area contributed by atoms with Gasteiger partial charge < -0.3 is 5.32 Å². The second-order valence-electron chi connectivity index (χ2n) is 7.66. The largest absolute Gasteiger partial charge is 0.356 e. The van der Waals surface area contributed by atoms with E-state index in [9.17, 15) is 13.2 Å². The Morgan fingerprint density at radius 1 is 1.40 bits per heavy atom. The van der Waals surface area contributed by atoms with Crippen molar-refractivity contribution in [3.63, 3.8) is 0 Å². The summed E-state index contributed by atoms with van der Waals surface area (Å²) in [5.74, 6) is 0.211. The van der Waals surface area contributed by atoms with Crippen molar-refractivity contribution in [3.8, 4) is 0 Å². The van der Waals surface area contributed by atoms with Crippen LogP contribution in [-0.2, 0) is 21.2 Å². The van der Waals surface area contributed by atoms with E-state index in [4.69, 9.17) is 0 Å². The fraction of sp³-hybridized carbons (Fsp3) is 0.667. The van der Waals surface area contributed by atoms with Gasteiger partial charge in [0.15, 0.2) is 9.84 Å². The number of sulfone groups is 1. The molecular formula is C18H27N3O3S. The van der Waals surface area contributed by atoms with E-state index in [1.807, 2.05) is 18.3 Å². The normalized spacial score (nSPS) is 28.7. The molecule has 0 bridgehead atoms. The van der Waals surface area contributed by atoms with Crippen LogP contribution in [0.1, 0.15) is 25.8 Å². The summed E-state index contributed by atoms with van der Waals surface area (Å²) in [5.41, 5.74) is 1.07. The lowest BCUT2D eigenvalue weighted by atomic mass is 9.87. The smallest absolute Gasteiger partial charge is 0.223 e. The summed E-state index contributed by atoms with van der Waals surface area (Å²) in [6, 6.07) is 3.88. The summed E-state index contributed by atoms with van der Waals surface area (Å²) in [5, 5.41) is 2.57. The summed E-state index contributed by atoms with van der Waals surface area (Å²) in [6.07, 6.45) is 3.98.